The van der Waals surface area contributed by atoms with E-state index in [1.165, 1.54) is 0 Å². The summed E-state index contributed by atoms with van der Waals surface area (Å²) in [5.41, 5.74) is 1.07. The van der Waals surface area contributed by atoms with Crippen LogP contribution in [0.5, 0.6) is 11.5 Å². The highest BCUT2D eigenvalue weighted by atomic mass is 16.5. The Morgan fingerprint density at radius 3 is 2.75 bits per heavy atom. The molecule has 0 aliphatic carbocycles. The van der Waals surface area contributed by atoms with E-state index >= 15 is 0 Å². The molecule has 4 heteroatoms. The van der Waals surface area contributed by atoms with Gasteiger partial charge in [-0.25, -0.2) is 0 Å². The molecule has 0 saturated heterocycles. The van der Waals surface area contributed by atoms with Crippen LogP contribution < -0.4 is 14.8 Å². The predicted octanol–water partition coefficient (Wildman–Crippen LogP) is 2.22. The zero-order valence-electron chi connectivity index (χ0n) is 12.5. The summed E-state index contributed by atoms with van der Waals surface area (Å²) in [6.45, 7) is 4.59. The van der Waals surface area contributed by atoms with Crippen LogP contribution in [0.4, 0.5) is 0 Å². The van der Waals surface area contributed by atoms with Gasteiger partial charge in [-0.15, -0.1) is 11.8 Å². The molecule has 1 rings (SSSR count). The highest BCUT2D eigenvalue weighted by molar-refractivity contribution is 5.46. The van der Waals surface area contributed by atoms with Crippen LogP contribution in [0.25, 0.3) is 0 Å². The van der Waals surface area contributed by atoms with Crippen molar-refractivity contribution in [2.45, 2.75) is 19.9 Å². The molecule has 110 valence electrons. The van der Waals surface area contributed by atoms with Gasteiger partial charge < -0.3 is 19.5 Å². The second-order valence-electron chi connectivity index (χ2n) is 4.14. The lowest BCUT2D eigenvalue weighted by Crippen LogP contribution is -2.19. The number of nitrogens with one attached hydrogen (secondary N) is 1. The molecule has 1 aromatic rings. The van der Waals surface area contributed by atoms with Crippen molar-refractivity contribution in [2.24, 2.45) is 0 Å². The van der Waals surface area contributed by atoms with Crippen LogP contribution in [-0.4, -0.2) is 34.0 Å². The lowest BCUT2D eigenvalue weighted by atomic mass is 10.2. The molecule has 4 nitrogen and oxygen atoms in total. The van der Waals surface area contributed by atoms with E-state index in [0.717, 1.165) is 30.2 Å². The molecule has 1 N–H and O–H groups in total. The second-order valence-corrected chi connectivity index (χ2v) is 4.14. The molecule has 0 bridgehead atoms. The van der Waals surface area contributed by atoms with Crippen LogP contribution in [0.3, 0.4) is 0 Å². The normalized spacial score (nSPS) is 9.75. The Morgan fingerprint density at radius 1 is 1.20 bits per heavy atom. The van der Waals surface area contributed by atoms with Gasteiger partial charge in [0, 0.05) is 32.2 Å². The van der Waals surface area contributed by atoms with Crippen molar-refractivity contribution in [3.05, 3.63) is 23.8 Å². The van der Waals surface area contributed by atoms with Crippen LogP contribution in [0.1, 0.15) is 18.9 Å². The Morgan fingerprint density at radius 2 is 2.05 bits per heavy atom. The van der Waals surface area contributed by atoms with Gasteiger partial charge in [-0.2, -0.15) is 0 Å². The molecule has 1 aromatic carbocycles. The van der Waals surface area contributed by atoms with Gasteiger partial charge in [0.15, 0.2) is 11.5 Å². The number of rotatable bonds is 9. The van der Waals surface area contributed by atoms with E-state index in [1.54, 1.807) is 14.2 Å². The zero-order valence-corrected chi connectivity index (χ0v) is 12.5. The summed E-state index contributed by atoms with van der Waals surface area (Å²) < 4.78 is 16.2. The third-order valence-electron chi connectivity index (χ3n) is 2.73. The van der Waals surface area contributed by atoms with Gasteiger partial charge in [-0.1, -0.05) is 12.1 Å². The summed E-state index contributed by atoms with van der Waals surface area (Å²) in [6, 6.07) is 5.90. The molecular formula is C16H23NO3. The van der Waals surface area contributed by atoms with E-state index in [4.69, 9.17) is 14.2 Å². The lowest BCUT2D eigenvalue weighted by Gasteiger charge is -2.15. The molecule has 0 heterocycles. The molecular weight excluding hydrogens is 254 g/mol. The zero-order chi connectivity index (χ0) is 14.6. The maximum atomic E-state index is 5.82. The molecule has 0 fully saturated rings. The third-order valence-corrected chi connectivity index (χ3v) is 2.73. The van der Waals surface area contributed by atoms with Crippen LogP contribution >= 0.6 is 0 Å². The van der Waals surface area contributed by atoms with Crippen molar-refractivity contribution in [3.63, 3.8) is 0 Å². The topological polar surface area (TPSA) is 39.7 Å². The average Bonchev–Trinajstić information content (AvgIpc) is 2.48. The molecule has 0 radical (unpaired) electrons. The summed E-state index contributed by atoms with van der Waals surface area (Å²) in [5, 5.41) is 3.31. The van der Waals surface area contributed by atoms with E-state index in [0.29, 0.717) is 19.6 Å². The van der Waals surface area contributed by atoms with Gasteiger partial charge in [-0.3, -0.25) is 0 Å². The minimum Gasteiger partial charge on any atom is -0.493 e. The third kappa shape index (κ3) is 5.52. The number of hydrogen-bond acceptors (Lipinski definition) is 4. The SMILES string of the molecule is CC#CCCOc1c(CNCCOC)cccc1OC. The van der Waals surface area contributed by atoms with Gasteiger partial charge >= 0.3 is 0 Å². The Hall–Kier alpha value is -1.70. The molecule has 0 amide bonds. The minimum absolute atomic E-state index is 0.562. The number of methoxy groups -OCH3 is 2. The molecule has 0 aromatic heterocycles. The monoisotopic (exact) mass is 277 g/mol. The molecule has 0 saturated carbocycles. The first-order valence-corrected chi connectivity index (χ1v) is 6.71. The molecule has 0 aliphatic heterocycles. The fraction of sp³-hybridized carbons (Fsp3) is 0.500. The first kappa shape index (κ1) is 16.4. The van der Waals surface area contributed by atoms with Crippen LogP contribution in [-0.2, 0) is 11.3 Å². The Labute approximate surface area is 121 Å². The highest BCUT2D eigenvalue weighted by Crippen LogP contribution is 2.31. The first-order chi connectivity index (χ1) is 9.83. The van der Waals surface area contributed by atoms with Crippen molar-refractivity contribution in [1.29, 1.82) is 0 Å². The number of para-hydroxylation sites is 1. The molecule has 20 heavy (non-hydrogen) atoms. The Balaban J connectivity index is 2.67. The van der Waals surface area contributed by atoms with Gasteiger partial charge in [0.25, 0.3) is 0 Å². The van der Waals surface area contributed by atoms with Crippen molar-refractivity contribution in [3.8, 4) is 23.3 Å². The molecule has 0 atom stereocenters. The van der Waals surface area contributed by atoms with E-state index < -0.39 is 0 Å². The fourth-order valence-corrected chi connectivity index (χ4v) is 1.75. The molecule has 0 aliphatic rings. The standard InChI is InChI=1S/C16H23NO3/c1-4-5-6-11-20-16-14(13-17-10-12-18-2)8-7-9-15(16)19-3/h7-9,17H,6,10-13H2,1-3H3. The van der Waals surface area contributed by atoms with E-state index in [-0.39, 0.29) is 0 Å². The van der Waals surface area contributed by atoms with Gasteiger partial charge in [0.1, 0.15) is 0 Å². The lowest BCUT2D eigenvalue weighted by molar-refractivity contribution is 0.199. The maximum Gasteiger partial charge on any atom is 0.165 e. The number of hydrogen-bond donors (Lipinski definition) is 1. The average molecular weight is 277 g/mol. The minimum atomic E-state index is 0.562. The highest BCUT2D eigenvalue weighted by Gasteiger charge is 2.09. The number of ether oxygens (including phenoxy) is 3. The quantitative estimate of drug-likeness (QED) is 0.555. The van der Waals surface area contributed by atoms with Crippen molar-refractivity contribution in [1.82, 2.24) is 5.32 Å². The van der Waals surface area contributed by atoms with E-state index in [9.17, 15) is 0 Å². The van der Waals surface area contributed by atoms with Crippen LogP contribution in [0.15, 0.2) is 18.2 Å². The second kappa shape index (κ2) is 10.1. The van der Waals surface area contributed by atoms with Crippen LogP contribution in [0, 0.1) is 11.8 Å². The van der Waals surface area contributed by atoms with Crippen LogP contribution in [0.2, 0.25) is 0 Å². The summed E-state index contributed by atoms with van der Waals surface area (Å²) >= 11 is 0. The largest absolute Gasteiger partial charge is 0.493 e. The first-order valence-electron chi connectivity index (χ1n) is 6.71. The van der Waals surface area contributed by atoms with E-state index in [1.807, 2.05) is 25.1 Å². The van der Waals surface area contributed by atoms with Crippen molar-refractivity contribution in [2.75, 3.05) is 34.0 Å². The molecule has 0 unspecified atom stereocenters. The van der Waals surface area contributed by atoms with E-state index in [2.05, 4.69) is 17.2 Å². The summed E-state index contributed by atoms with van der Waals surface area (Å²) in [5.74, 6) is 7.39. The van der Waals surface area contributed by atoms with Gasteiger partial charge in [0.05, 0.1) is 20.3 Å². The fourth-order valence-electron chi connectivity index (χ4n) is 1.75. The van der Waals surface area contributed by atoms with Crippen molar-refractivity contribution >= 4 is 0 Å². The summed E-state index contributed by atoms with van der Waals surface area (Å²) in [4.78, 5) is 0. The predicted molar refractivity (Wildman–Crippen MR) is 80.1 cm³/mol. The van der Waals surface area contributed by atoms with Gasteiger partial charge in [-0.05, 0) is 13.0 Å². The Bertz CT molecular complexity index is 449. The van der Waals surface area contributed by atoms with Gasteiger partial charge in [0.2, 0.25) is 0 Å². The molecule has 0 spiro atoms. The smallest absolute Gasteiger partial charge is 0.165 e. The maximum absolute atomic E-state index is 5.82. The summed E-state index contributed by atoms with van der Waals surface area (Å²) in [7, 11) is 3.34. The Kier molecular flexibility index (Phi) is 8.28. The van der Waals surface area contributed by atoms with Crippen molar-refractivity contribution < 1.29 is 14.2 Å². The number of benzene rings is 1. The summed E-state index contributed by atoms with van der Waals surface area (Å²) in [6.07, 6.45) is 0.713.